The Labute approximate surface area is 122 Å². The number of carboxylic acid groups (broad SMARTS) is 1. The van der Waals surface area contributed by atoms with Gasteiger partial charge in [0.2, 0.25) is 5.91 Å². The van der Waals surface area contributed by atoms with Gasteiger partial charge in [-0.1, -0.05) is 0 Å². The number of hydrogen-bond donors (Lipinski definition) is 2. The zero-order valence-corrected chi connectivity index (χ0v) is 11.7. The van der Waals surface area contributed by atoms with Crippen molar-refractivity contribution < 1.29 is 19.1 Å². The molecule has 0 spiro atoms. The average molecular weight is 341 g/mol. The van der Waals surface area contributed by atoms with Crippen LogP contribution >= 0.6 is 15.9 Å². The van der Waals surface area contributed by atoms with Crippen molar-refractivity contribution in [3.05, 3.63) is 52.5 Å². The monoisotopic (exact) mass is 340 g/mol. The Morgan fingerprint density at radius 3 is 2.80 bits per heavy atom. The first kappa shape index (κ1) is 14.3. The van der Waals surface area contributed by atoms with Gasteiger partial charge in [-0.3, -0.25) is 4.79 Å². The van der Waals surface area contributed by atoms with E-state index in [-0.39, 0.29) is 12.2 Å². The summed E-state index contributed by atoms with van der Waals surface area (Å²) in [5.41, 5.74) is 0.303. The summed E-state index contributed by atoms with van der Waals surface area (Å²) in [6, 6.07) is 6.84. The molecule has 0 saturated carbocycles. The van der Waals surface area contributed by atoms with Crippen molar-refractivity contribution in [2.45, 2.75) is 6.54 Å². The second-order valence-electron chi connectivity index (χ2n) is 4.00. The number of rotatable bonds is 4. The number of hydrogen-bond acceptors (Lipinski definition) is 2. The predicted octanol–water partition coefficient (Wildman–Crippen LogP) is 2.73. The summed E-state index contributed by atoms with van der Waals surface area (Å²) < 4.78 is 14.9. The summed E-state index contributed by atoms with van der Waals surface area (Å²) in [6.07, 6.45) is 1.49. The zero-order chi connectivity index (χ0) is 14.7. The van der Waals surface area contributed by atoms with E-state index in [9.17, 15) is 14.0 Å². The van der Waals surface area contributed by atoms with Gasteiger partial charge in [0.25, 0.3) is 0 Å². The van der Waals surface area contributed by atoms with E-state index in [0.29, 0.717) is 10.2 Å². The number of anilines is 1. The van der Waals surface area contributed by atoms with Crippen molar-refractivity contribution in [2.24, 2.45) is 0 Å². The van der Waals surface area contributed by atoms with E-state index in [4.69, 9.17) is 5.11 Å². The highest BCUT2D eigenvalue weighted by molar-refractivity contribution is 9.10. The summed E-state index contributed by atoms with van der Waals surface area (Å²) in [4.78, 5) is 22.8. The van der Waals surface area contributed by atoms with Crippen molar-refractivity contribution in [3.63, 3.8) is 0 Å². The molecule has 20 heavy (non-hydrogen) atoms. The van der Waals surface area contributed by atoms with Crippen LogP contribution in [0.25, 0.3) is 0 Å². The van der Waals surface area contributed by atoms with Crippen molar-refractivity contribution in [1.82, 2.24) is 4.57 Å². The Bertz CT molecular complexity index is 669. The fourth-order valence-electron chi connectivity index (χ4n) is 1.68. The molecule has 0 radical (unpaired) electrons. The van der Waals surface area contributed by atoms with E-state index in [1.54, 1.807) is 0 Å². The minimum Gasteiger partial charge on any atom is -0.477 e. The molecule has 1 aromatic heterocycles. The number of carbonyl (C=O) groups excluding carboxylic acids is 1. The van der Waals surface area contributed by atoms with Crippen molar-refractivity contribution >= 4 is 33.5 Å². The number of nitrogens with zero attached hydrogens (tertiary/aromatic N) is 1. The number of aromatic nitrogens is 1. The quantitative estimate of drug-likeness (QED) is 0.898. The van der Waals surface area contributed by atoms with Crippen LogP contribution in [0.3, 0.4) is 0 Å². The van der Waals surface area contributed by atoms with E-state index < -0.39 is 17.7 Å². The maximum absolute atomic E-state index is 13.1. The normalized spacial score (nSPS) is 10.3. The topological polar surface area (TPSA) is 71.3 Å². The second kappa shape index (κ2) is 5.87. The van der Waals surface area contributed by atoms with Crippen LogP contribution in [0.2, 0.25) is 0 Å². The van der Waals surface area contributed by atoms with Gasteiger partial charge in [-0.05, 0) is 46.3 Å². The summed E-state index contributed by atoms with van der Waals surface area (Å²) in [5, 5.41) is 11.4. The fraction of sp³-hybridized carbons (Fsp3) is 0.0769. The van der Waals surface area contributed by atoms with Gasteiger partial charge in [0.1, 0.15) is 18.1 Å². The van der Waals surface area contributed by atoms with E-state index >= 15 is 0 Å². The molecule has 1 heterocycles. The molecule has 0 atom stereocenters. The maximum atomic E-state index is 13.1. The molecule has 1 amide bonds. The molecule has 0 aliphatic rings. The molecule has 7 heteroatoms. The molecule has 104 valence electrons. The van der Waals surface area contributed by atoms with E-state index in [0.717, 1.165) is 0 Å². The van der Waals surface area contributed by atoms with Gasteiger partial charge in [-0.15, -0.1) is 0 Å². The minimum atomic E-state index is -1.12. The molecule has 2 rings (SSSR count). The van der Waals surface area contributed by atoms with Crippen molar-refractivity contribution in [3.8, 4) is 0 Å². The molecule has 2 aromatic rings. The Hall–Kier alpha value is -2.15. The lowest BCUT2D eigenvalue weighted by molar-refractivity contribution is -0.116. The first-order chi connectivity index (χ1) is 9.47. The van der Waals surface area contributed by atoms with Crippen LogP contribution in [0, 0.1) is 5.82 Å². The highest BCUT2D eigenvalue weighted by Crippen LogP contribution is 2.23. The minimum absolute atomic E-state index is 0.0125. The number of amides is 1. The van der Waals surface area contributed by atoms with Gasteiger partial charge < -0.3 is 15.0 Å². The number of carbonyl (C=O) groups is 2. The summed E-state index contributed by atoms with van der Waals surface area (Å²) in [7, 11) is 0. The fourth-order valence-corrected chi connectivity index (χ4v) is 2.03. The summed E-state index contributed by atoms with van der Waals surface area (Å²) >= 11 is 3.19. The molecule has 0 aliphatic carbocycles. The molecule has 5 nitrogen and oxygen atoms in total. The first-order valence-electron chi connectivity index (χ1n) is 5.60. The molecular weight excluding hydrogens is 331 g/mol. The molecule has 1 aromatic carbocycles. The SMILES string of the molecule is O=C(Cn1cccc1C(=O)O)Nc1cc(F)ccc1Br. The molecule has 0 aliphatic heterocycles. The molecule has 2 N–H and O–H groups in total. The van der Waals surface area contributed by atoms with Crippen LogP contribution in [-0.2, 0) is 11.3 Å². The lowest BCUT2D eigenvalue weighted by atomic mass is 10.3. The zero-order valence-electron chi connectivity index (χ0n) is 10.1. The van der Waals surface area contributed by atoms with Gasteiger partial charge >= 0.3 is 5.97 Å². The summed E-state index contributed by atoms with van der Waals surface area (Å²) in [6.45, 7) is -0.169. The molecule has 0 fully saturated rings. The number of halogens is 2. The van der Waals surface area contributed by atoms with Gasteiger partial charge in [-0.25, -0.2) is 9.18 Å². The Morgan fingerprint density at radius 1 is 1.35 bits per heavy atom. The maximum Gasteiger partial charge on any atom is 0.352 e. The lowest BCUT2D eigenvalue weighted by Crippen LogP contribution is -2.21. The number of benzene rings is 1. The Kier molecular flexibility index (Phi) is 4.19. The Balaban J connectivity index is 2.11. The van der Waals surface area contributed by atoms with Gasteiger partial charge in [0.15, 0.2) is 0 Å². The highest BCUT2D eigenvalue weighted by Gasteiger charge is 2.12. The molecule has 0 saturated heterocycles. The predicted molar refractivity (Wildman–Crippen MR) is 74.1 cm³/mol. The number of aromatic carboxylic acids is 1. The van der Waals surface area contributed by atoms with Crippen LogP contribution in [-0.4, -0.2) is 21.6 Å². The van der Waals surface area contributed by atoms with Gasteiger partial charge in [0.05, 0.1) is 5.69 Å². The summed E-state index contributed by atoms with van der Waals surface area (Å²) in [5.74, 6) is -2.04. The third-order valence-electron chi connectivity index (χ3n) is 2.57. The molecule has 0 bridgehead atoms. The number of nitrogens with one attached hydrogen (secondary N) is 1. The van der Waals surface area contributed by atoms with Crippen LogP contribution in [0.4, 0.5) is 10.1 Å². The Morgan fingerprint density at radius 2 is 2.10 bits per heavy atom. The van der Waals surface area contributed by atoms with E-state index in [1.807, 2.05) is 0 Å². The number of carboxylic acids is 1. The lowest BCUT2D eigenvalue weighted by Gasteiger charge is -2.09. The van der Waals surface area contributed by atoms with Crippen molar-refractivity contribution in [2.75, 3.05) is 5.32 Å². The van der Waals surface area contributed by atoms with Gasteiger partial charge in [0, 0.05) is 10.7 Å². The highest BCUT2D eigenvalue weighted by atomic mass is 79.9. The second-order valence-corrected chi connectivity index (χ2v) is 4.85. The van der Waals surface area contributed by atoms with Crippen LogP contribution < -0.4 is 5.32 Å². The smallest absolute Gasteiger partial charge is 0.352 e. The van der Waals surface area contributed by atoms with Crippen LogP contribution in [0.1, 0.15) is 10.5 Å². The standard InChI is InChI=1S/C13H10BrFN2O3/c14-9-4-3-8(15)6-10(9)16-12(18)7-17-5-1-2-11(17)13(19)20/h1-6H,7H2,(H,16,18)(H,19,20). The van der Waals surface area contributed by atoms with Crippen molar-refractivity contribution in [1.29, 1.82) is 0 Å². The largest absolute Gasteiger partial charge is 0.477 e. The third kappa shape index (κ3) is 3.24. The van der Waals surface area contributed by atoms with E-state index in [2.05, 4.69) is 21.2 Å². The van der Waals surface area contributed by atoms with Gasteiger partial charge in [-0.2, -0.15) is 0 Å². The molecular formula is C13H10BrFN2O3. The first-order valence-corrected chi connectivity index (χ1v) is 6.40. The van der Waals surface area contributed by atoms with Crippen LogP contribution in [0.15, 0.2) is 41.0 Å². The van der Waals surface area contributed by atoms with E-state index in [1.165, 1.54) is 41.1 Å². The average Bonchev–Trinajstić information content (AvgIpc) is 2.82. The third-order valence-corrected chi connectivity index (χ3v) is 3.26. The van der Waals surface area contributed by atoms with Crippen LogP contribution in [0.5, 0.6) is 0 Å². The molecule has 0 unspecified atom stereocenters.